The Morgan fingerprint density at radius 1 is 0.157 bits per heavy atom. The second kappa shape index (κ2) is 14.1. The molecule has 16 rings (SSSR count). The first-order valence-corrected chi connectivity index (χ1v) is 24.2. The van der Waals surface area contributed by atoms with E-state index in [0.717, 1.165) is 22.7 Å². The summed E-state index contributed by atoms with van der Waals surface area (Å²) in [5.41, 5.74) is 14.2. The van der Waals surface area contributed by atoms with Crippen molar-refractivity contribution in [1.29, 1.82) is 0 Å². The van der Waals surface area contributed by atoms with Gasteiger partial charge in [-0.15, -0.1) is 0 Å². The Labute approximate surface area is 401 Å². The van der Waals surface area contributed by atoms with Gasteiger partial charge in [-0.25, -0.2) is 0 Å². The summed E-state index contributed by atoms with van der Waals surface area (Å²) in [5, 5.41) is 17.6. The quantitative estimate of drug-likeness (QED) is 0.157. The van der Waals surface area contributed by atoms with Crippen molar-refractivity contribution in [3.8, 4) is 22.7 Å². The first-order chi connectivity index (χ1) is 34.8. The summed E-state index contributed by atoms with van der Waals surface area (Å²) >= 11 is 0. The molecule has 4 heteroatoms. The fraction of sp³-hybridized carbons (Fsp3) is 0. The van der Waals surface area contributed by atoms with Crippen LogP contribution < -0.4 is 0 Å². The number of hydrogen-bond acceptors (Lipinski definition) is 0. The van der Waals surface area contributed by atoms with Crippen LogP contribution in [0.25, 0.3) is 142 Å². The Kier molecular flexibility index (Phi) is 7.58. The highest BCUT2D eigenvalue weighted by Gasteiger charge is 2.26. The Balaban J connectivity index is 1.02. The van der Waals surface area contributed by atoms with Gasteiger partial charge in [-0.05, 0) is 106 Å². The molecule has 0 radical (unpaired) electrons. The van der Waals surface area contributed by atoms with Crippen molar-refractivity contribution in [1.82, 2.24) is 18.3 Å². The summed E-state index contributed by atoms with van der Waals surface area (Å²) < 4.78 is 9.89. The molecule has 70 heavy (non-hydrogen) atoms. The van der Waals surface area contributed by atoms with Crippen molar-refractivity contribution < 1.29 is 0 Å². The second-order valence-electron chi connectivity index (χ2n) is 18.8. The number of para-hydroxylation sites is 6. The molecular formula is C66H40N4. The maximum absolute atomic E-state index is 2.54. The van der Waals surface area contributed by atoms with Crippen LogP contribution in [0.5, 0.6) is 0 Å². The van der Waals surface area contributed by atoms with Crippen molar-refractivity contribution in [2.45, 2.75) is 0 Å². The zero-order valence-corrected chi connectivity index (χ0v) is 37.9. The Hall–Kier alpha value is -9.38. The normalized spacial score (nSPS) is 12.3. The lowest BCUT2D eigenvalue weighted by Crippen LogP contribution is -1.99. The molecule has 4 aromatic heterocycles. The van der Waals surface area contributed by atoms with Gasteiger partial charge in [0.05, 0.1) is 44.1 Å². The monoisotopic (exact) mass is 888 g/mol. The molecule has 0 bridgehead atoms. The molecule has 324 valence electrons. The Bertz CT molecular complexity index is 4450. The van der Waals surface area contributed by atoms with E-state index in [9.17, 15) is 0 Å². The molecule has 0 spiro atoms. The third kappa shape index (κ3) is 4.93. The van der Waals surface area contributed by atoms with E-state index < -0.39 is 0 Å². The predicted molar refractivity (Wildman–Crippen MR) is 296 cm³/mol. The van der Waals surface area contributed by atoms with Gasteiger partial charge in [0.1, 0.15) is 0 Å². The molecule has 16 aromatic rings. The third-order valence-corrected chi connectivity index (χ3v) is 15.3. The van der Waals surface area contributed by atoms with Gasteiger partial charge in [-0.3, -0.25) is 0 Å². The molecule has 0 aliphatic heterocycles. The van der Waals surface area contributed by atoms with Gasteiger partial charge >= 0.3 is 0 Å². The Morgan fingerprint density at radius 3 is 0.643 bits per heavy atom. The minimum Gasteiger partial charge on any atom is -0.309 e. The topological polar surface area (TPSA) is 19.7 Å². The number of hydrogen-bond donors (Lipinski definition) is 0. The van der Waals surface area contributed by atoms with E-state index in [2.05, 4.69) is 261 Å². The van der Waals surface area contributed by atoms with Crippen LogP contribution in [0.3, 0.4) is 0 Å². The van der Waals surface area contributed by atoms with Crippen molar-refractivity contribution in [2.75, 3.05) is 0 Å². The van der Waals surface area contributed by atoms with Gasteiger partial charge in [-0.1, -0.05) is 158 Å². The molecule has 0 amide bonds. The van der Waals surface area contributed by atoms with E-state index in [1.54, 1.807) is 0 Å². The molecular weight excluding hydrogens is 849 g/mol. The maximum atomic E-state index is 2.54. The second-order valence-corrected chi connectivity index (χ2v) is 18.8. The van der Waals surface area contributed by atoms with Crippen LogP contribution in [0.4, 0.5) is 0 Å². The van der Waals surface area contributed by atoms with Gasteiger partial charge in [0.15, 0.2) is 0 Å². The van der Waals surface area contributed by atoms with Crippen LogP contribution in [-0.4, -0.2) is 18.3 Å². The zero-order chi connectivity index (χ0) is 45.6. The van der Waals surface area contributed by atoms with Gasteiger partial charge in [0, 0.05) is 76.6 Å². The van der Waals surface area contributed by atoms with Crippen molar-refractivity contribution in [3.63, 3.8) is 0 Å². The number of fused-ring (bicyclic) bond motifs is 21. The smallest absolute Gasteiger partial charge is 0.0633 e. The molecule has 4 heterocycles. The summed E-state index contributed by atoms with van der Waals surface area (Å²) in [6.45, 7) is 0. The predicted octanol–water partition coefficient (Wildman–Crippen LogP) is 17.5. The van der Waals surface area contributed by atoms with Crippen LogP contribution >= 0.6 is 0 Å². The van der Waals surface area contributed by atoms with Gasteiger partial charge in [0.2, 0.25) is 0 Å². The summed E-state index contributed by atoms with van der Waals surface area (Å²) in [7, 11) is 0. The van der Waals surface area contributed by atoms with E-state index >= 15 is 0 Å². The number of rotatable bonds is 4. The first-order valence-electron chi connectivity index (χ1n) is 24.2. The summed E-state index contributed by atoms with van der Waals surface area (Å²) in [6.07, 6.45) is 0. The highest BCUT2D eigenvalue weighted by molar-refractivity contribution is 6.44. The van der Waals surface area contributed by atoms with Gasteiger partial charge in [0.25, 0.3) is 0 Å². The lowest BCUT2D eigenvalue weighted by Gasteiger charge is -2.18. The number of aromatic nitrogens is 4. The van der Waals surface area contributed by atoms with Crippen molar-refractivity contribution in [3.05, 3.63) is 243 Å². The molecule has 0 N–H and O–H groups in total. The minimum atomic E-state index is 1.12. The fourth-order valence-corrected chi connectivity index (χ4v) is 12.5. The lowest BCUT2D eigenvalue weighted by atomic mass is 9.90. The number of nitrogens with zero attached hydrogens (tertiary/aromatic N) is 4. The van der Waals surface area contributed by atoms with Crippen LogP contribution in [0.2, 0.25) is 0 Å². The maximum Gasteiger partial charge on any atom is 0.0633 e. The zero-order valence-electron chi connectivity index (χ0n) is 37.9. The molecule has 0 saturated heterocycles. The van der Waals surface area contributed by atoms with Crippen LogP contribution in [0, 0.1) is 0 Å². The van der Waals surface area contributed by atoms with E-state index in [1.807, 2.05) is 0 Å². The summed E-state index contributed by atoms with van der Waals surface area (Å²) in [4.78, 5) is 0. The molecule has 12 aromatic carbocycles. The van der Waals surface area contributed by atoms with Gasteiger partial charge in [-0.2, -0.15) is 0 Å². The molecule has 0 aliphatic rings. The van der Waals surface area contributed by atoms with E-state index in [1.165, 1.54) is 120 Å². The van der Waals surface area contributed by atoms with E-state index in [-0.39, 0.29) is 0 Å². The average Bonchev–Trinajstić information content (AvgIpc) is 4.17. The molecule has 0 saturated carbocycles. The highest BCUT2D eigenvalue weighted by Crippen LogP contribution is 2.50. The van der Waals surface area contributed by atoms with Crippen LogP contribution in [-0.2, 0) is 0 Å². The van der Waals surface area contributed by atoms with Crippen LogP contribution in [0.1, 0.15) is 0 Å². The molecule has 0 aliphatic carbocycles. The largest absolute Gasteiger partial charge is 0.309 e. The molecule has 0 atom stereocenters. The first kappa shape index (κ1) is 37.7. The molecule has 4 nitrogen and oxygen atoms in total. The summed E-state index contributed by atoms with van der Waals surface area (Å²) in [6, 6.07) is 89.7. The SMILES string of the molecule is c1ccc2c(c1)c1c3ccccc3n(-c3ccc(-n4c5ccccc5c5ccccc54)cc3)c1c1c3ccccc3c3c4ccccc4n(-c4ccc(-n5c6ccccc6c6ccccc65)cc4)c3c21. The lowest BCUT2D eigenvalue weighted by molar-refractivity contribution is 1.15. The number of benzene rings is 12. The minimum absolute atomic E-state index is 1.12. The fourth-order valence-electron chi connectivity index (χ4n) is 12.5. The Morgan fingerprint density at radius 2 is 0.357 bits per heavy atom. The van der Waals surface area contributed by atoms with E-state index in [4.69, 9.17) is 0 Å². The molecule has 0 fully saturated rings. The van der Waals surface area contributed by atoms with Crippen molar-refractivity contribution in [2.24, 2.45) is 0 Å². The standard InChI is InChI=1S/C66H40N4/c1-3-23-51-49(21-1)61-53-25-9-15-31-59(53)69(43-37-33-41(34-38-43)67-55-27-11-5-17-45(55)46-18-6-12-28-56(46)67)65(61)64-52-24-4-2-22-50(52)62-54-26-10-16-32-60(54)70(66(62)63(51)64)44-39-35-42(36-40-44)68-57-29-13-7-19-47(57)48-20-8-14-30-58(48)68/h1-40H. The van der Waals surface area contributed by atoms with E-state index in [0.29, 0.717) is 0 Å². The molecule has 0 unspecified atom stereocenters. The average molecular weight is 889 g/mol. The third-order valence-electron chi connectivity index (χ3n) is 15.3. The highest BCUT2D eigenvalue weighted by atomic mass is 15.0. The van der Waals surface area contributed by atoms with Crippen LogP contribution in [0.15, 0.2) is 243 Å². The van der Waals surface area contributed by atoms with Gasteiger partial charge < -0.3 is 18.3 Å². The summed E-state index contributed by atoms with van der Waals surface area (Å²) in [5.74, 6) is 0. The van der Waals surface area contributed by atoms with Crippen molar-refractivity contribution >= 4 is 120 Å².